The van der Waals surface area contributed by atoms with Gasteiger partial charge in [-0.05, 0) is 23.9 Å². The fraction of sp³-hybridized carbons (Fsp3) is 0.500. The van der Waals surface area contributed by atoms with Gasteiger partial charge in [0.25, 0.3) is 0 Å². The summed E-state index contributed by atoms with van der Waals surface area (Å²) in [5.74, 6) is 2.24. The smallest absolute Gasteiger partial charge is 0.324 e. The molecule has 1 aromatic rings. The molecule has 0 saturated carbocycles. The highest BCUT2D eigenvalue weighted by atomic mass is 15.2. The van der Waals surface area contributed by atoms with Gasteiger partial charge in [0.05, 0.1) is 13.2 Å². The van der Waals surface area contributed by atoms with Crippen molar-refractivity contribution in [2.75, 3.05) is 13.6 Å². The highest BCUT2D eigenvalue weighted by molar-refractivity contribution is 5.84. The van der Waals surface area contributed by atoms with Crippen LogP contribution in [0.15, 0.2) is 29.4 Å². The van der Waals surface area contributed by atoms with Gasteiger partial charge in [-0.25, -0.2) is 4.57 Å². The topological polar surface area (TPSA) is 19.5 Å². The fourth-order valence-corrected chi connectivity index (χ4v) is 1.86. The van der Waals surface area contributed by atoms with E-state index in [9.17, 15) is 0 Å². The predicted octanol–water partition coefficient (Wildman–Crippen LogP) is 1.66. The average Bonchev–Trinajstić information content (AvgIpc) is 2.24. The molecule has 0 amide bonds. The summed E-state index contributed by atoms with van der Waals surface area (Å²) < 4.78 is 2.05. The number of amidine groups is 1. The lowest BCUT2D eigenvalue weighted by molar-refractivity contribution is -0.658. The van der Waals surface area contributed by atoms with Crippen LogP contribution in [0.5, 0.6) is 0 Å². The number of piperidine rings is 1. The zero-order chi connectivity index (χ0) is 10.7. The highest BCUT2D eigenvalue weighted by Gasteiger charge is 2.18. The molecule has 1 aromatic heterocycles. The molecule has 0 bridgehead atoms. The highest BCUT2D eigenvalue weighted by Crippen LogP contribution is 2.13. The number of nitrogens with zero attached hydrogens (tertiary/aromatic N) is 3. The molecule has 0 N–H and O–H groups in total. The van der Waals surface area contributed by atoms with E-state index in [2.05, 4.69) is 22.6 Å². The molecule has 1 aliphatic heterocycles. The van der Waals surface area contributed by atoms with Crippen molar-refractivity contribution in [2.24, 2.45) is 12.0 Å². The summed E-state index contributed by atoms with van der Waals surface area (Å²) in [6.07, 6.45) is 5.68. The molecule has 0 radical (unpaired) electrons. The lowest BCUT2D eigenvalue weighted by Gasteiger charge is -2.22. The summed E-state index contributed by atoms with van der Waals surface area (Å²) >= 11 is 0. The molecule has 2 rings (SSSR count). The van der Waals surface area contributed by atoms with E-state index in [4.69, 9.17) is 4.99 Å². The number of aryl methyl sites for hydroxylation is 1. The minimum absolute atomic E-state index is 1.03. The Bertz CT molecular complexity index is 371. The number of aromatic nitrogens is 1. The first kappa shape index (κ1) is 10.1. The summed E-state index contributed by atoms with van der Waals surface area (Å²) in [6.45, 7) is 1.13. The van der Waals surface area contributed by atoms with Crippen LogP contribution < -0.4 is 4.57 Å². The first-order valence-electron chi connectivity index (χ1n) is 5.51. The molecule has 1 fully saturated rings. The van der Waals surface area contributed by atoms with Crippen molar-refractivity contribution in [1.82, 2.24) is 4.90 Å². The van der Waals surface area contributed by atoms with Gasteiger partial charge < -0.3 is 4.90 Å². The number of likely N-dealkylation sites (tertiary alicyclic amines) is 1. The van der Waals surface area contributed by atoms with Gasteiger partial charge in [-0.2, -0.15) is 0 Å². The van der Waals surface area contributed by atoms with Crippen LogP contribution >= 0.6 is 0 Å². The summed E-state index contributed by atoms with van der Waals surface area (Å²) in [5.41, 5.74) is 0. The van der Waals surface area contributed by atoms with E-state index >= 15 is 0 Å². The van der Waals surface area contributed by atoms with E-state index in [-0.39, 0.29) is 0 Å². The maximum Gasteiger partial charge on any atom is 0.324 e. The average molecular weight is 204 g/mol. The Kier molecular flexibility index (Phi) is 2.99. The Labute approximate surface area is 91.1 Å². The third-order valence-electron chi connectivity index (χ3n) is 2.86. The minimum Gasteiger partial charge on any atom is -0.343 e. The molecule has 80 valence electrons. The molecule has 1 aliphatic rings. The van der Waals surface area contributed by atoms with Crippen LogP contribution in [0.1, 0.15) is 19.3 Å². The third kappa shape index (κ3) is 2.35. The van der Waals surface area contributed by atoms with Gasteiger partial charge in [0, 0.05) is 26.1 Å². The van der Waals surface area contributed by atoms with Crippen LogP contribution in [-0.2, 0) is 7.05 Å². The zero-order valence-corrected chi connectivity index (χ0v) is 9.48. The number of aliphatic imine (C=N–C) groups is 1. The second-order valence-electron chi connectivity index (χ2n) is 4.08. The molecule has 3 heteroatoms. The SMILES string of the molecule is CN1CCCC/C1=N\c1cccc[n+]1C. The standard InChI is InChI=1S/C12H18N3/c1-14-9-5-3-7-11(14)13-12-8-4-6-10-15(12)2/h3,5,7,9H,4,6,8,10H2,1-2H3/q+1. The van der Waals surface area contributed by atoms with Crippen molar-refractivity contribution >= 4 is 11.7 Å². The molecule has 0 unspecified atom stereocenters. The summed E-state index contributed by atoms with van der Waals surface area (Å²) in [7, 11) is 4.16. The van der Waals surface area contributed by atoms with Crippen molar-refractivity contribution in [3.63, 3.8) is 0 Å². The molecule has 15 heavy (non-hydrogen) atoms. The largest absolute Gasteiger partial charge is 0.343 e. The maximum atomic E-state index is 4.70. The number of hydrogen-bond donors (Lipinski definition) is 0. The molecule has 0 aromatic carbocycles. The van der Waals surface area contributed by atoms with E-state index in [1.54, 1.807) is 0 Å². The summed E-state index contributed by atoms with van der Waals surface area (Å²) in [5, 5.41) is 0. The third-order valence-corrected chi connectivity index (χ3v) is 2.86. The van der Waals surface area contributed by atoms with Crippen LogP contribution in [0.2, 0.25) is 0 Å². The van der Waals surface area contributed by atoms with Gasteiger partial charge in [-0.3, -0.25) is 0 Å². The van der Waals surface area contributed by atoms with Gasteiger partial charge in [0.2, 0.25) is 5.84 Å². The molecular formula is C12H18N3+. The molecule has 3 nitrogen and oxygen atoms in total. The molecule has 0 spiro atoms. The number of hydrogen-bond acceptors (Lipinski definition) is 1. The van der Waals surface area contributed by atoms with E-state index in [0.717, 1.165) is 18.8 Å². The van der Waals surface area contributed by atoms with Crippen molar-refractivity contribution in [2.45, 2.75) is 19.3 Å². The van der Waals surface area contributed by atoms with Gasteiger partial charge in [-0.15, -0.1) is 0 Å². The van der Waals surface area contributed by atoms with Gasteiger partial charge >= 0.3 is 5.82 Å². The van der Waals surface area contributed by atoms with Crippen LogP contribution in [0, 0.1) is 0 Å². The molecule has 1 saturated heterocycles. The van der Waals surface area contributed by atoms with Crippen molar-refractivity contribution < 1.29 is 4.57 Å². The summed E-state index contributed by atoms with van der Waals surface area (Å²) in [6, 6.07) is 6.10. The van der Waals surface area contributed by atoms with Crippen LogP contribution in [-0.4, -0.2) is 24.3 Å². The van der Waals surface area contributed by atoms with E-state index < -0.39 is 0 Å². The predicted molar refractivity (Wildman–Crippen MR) is 61.2 cm³/mol. The Morgan fingerprint density at radius 2 is 2.20 bits per heavy atom. The van der Waals surface area contributed by atoms with E-state index in [1.807, 2.05) is 25.4 Å². The molecule has 0 atom stereocenters. The monoisotopic (exact) mass is 204 g/mol. The molecule has 2 heterocycles. The molecule has 0 aliphatic carbocycles. The Morgan fingerprint density at radius 1 is 1.33 bits per heavy atom. The number of pyridine rings is 1. The zero-order valence-electron chi connectivity index (χ0n) is 9.48. The maximum absolute atomic E-state index is 4.70. The normalized spacial score (nSPS) is 19.6. The van der Waals surface area contributed by atoms with Crippen molar-refractivity contribution in [3.05, 3.63) is 24.4 Å². The first-order chi connectivity index (χ1) is 7.27. The lowest BCUT2D eigenvalue weighted by atomic mass is 10.1. The minimum atomic E-state index is 1.03. The Morgan fingerprint density at radius 3 is 2.93 bits per heavy atom. The van der Waals surface area contributed by atoms with Gasteiger partial charge in [0.1, 0.15) is 0 Å². The van der Waals surface area contributed by atoms with Crippen molar-refractivity contribution in [1.29, 1.82) is 0 Å². The van der Waals surface area contributed by atoms with Crippen LogP contribution in [0.4, 0.5) is 5.82 Å². The quantitative estimate of drug-likeness (QED) is 0.637. The number of rotatable bonds is 1. The van der Waals surface area contributed by atoms with Crippen LogP contribution in [0.3, 0.4) is 0 Å². The fourth-order valence-electron chi connectivity index (χ4n) is 1.86. The summed E-state index contributed by atoms with van der Waals surface area (Å²) in [4.78, 5) is 6.96. The van der Waals surface area contributed by atoms with Crippen LogP contribution in [0.25, 0.3) is 0 Å². The first-order valence-corrected chi connectivity index (χ1v) is 5.51. The molecular weight excluding hydrogens is 186 g/mol. The van der Waals surface area contributed by atoms with Gasteiger partial charge in [0.15, 0.2) is 0 Å². The Balaban J connectivity index is 2.25. The lowest BCUT2D eigenvalue weighted by Crippen LogP contribution is -2.33. The second-order valence-corrected chi connectivity index (χ2v) is 4.08. The van der Waals surface area contributed by atoms with E-state index in [0.29, 0.717) is 0 Å². The second kappa shape index (κ2) is 4.43. The van der Waals surface area contributed by atoms with E-state index in [1.165, 1.54) is 18.7 Å². The Hall–Kier alpha value is -1.38. The van der Waals surface area contributed by atoms with Gasteiger partial charge in [-0.1, -0.05) is 6.07 Å². The van der Waals surface area contributed by atoms with Crippen molar-refractivity contribution in [3.8, 4) is 0 Å².